The Balaban J connectivity index is 2.17. The number of aromatic nitrogens is 2. The number of piperidine rings is 1. The molecule has 0 bridgehead atoms. The van der Waals surface area contributed by atoms with Crippen LogP contribution in [-0.2, 0) is 22.8 Å². The minimum absolute atomic E-state index is 0.0179. The maximum absolute atomic E-state index is 12.2. The van der Waals surface area contributed by atoms with Crippen molar-refractivity contribution >= 4 is 26.0 Å². The first-order chi connectivity index (χ1) is 8.00. The first-order valence-electron chi connectivity index (χ1n) is 5.65. The van der Waals surface area contributed by atoms with Crippen LogP contribution in [0.4, 0.5) is 0 Å². The largest absolute Gasteiger partial charge is 0.270 e. The van der Waals surface area contributed by atoms with Crippen LogP contribution in [0.3, 0.4) is 0 Å². The first-order valence-corrected chi connectivity index (χ1v) is 8.05. The molecule has 0 amide bonds. The van der Waals surface area contributed by atoms with Gasteiger partial charge in [-0.3, -0.25) is 4.68 Å². The predicted octanol–water partition coefficient (Wildman–Crippen LogP) is 1.50. The van der Waals surface area contributed by atoms with Crippen LogP contribution in [-0.4, -0.2) is 35.6 Å². The molecule has 0 aromatic carbocycles. The molecule has 2 rings (SSSR count). The average molecular weight is 322 g/mol. The van der Waals surface area contributed by atoms with Crippen molar-refractivity contribution in [3.8, 4) is 0 Å². The van der Waals surface area contributed by atoms with E-state index in [-0.39, 0.29) is 5.75 Å². The van der Waals surface area contributed by atoms with Crippen molar-refractivity contribution < 1.29 is 8.42 Å². The van der Waals surface area contributed by atoms with Gasteiger partial charge in [-0.1, -0.05) is 6.42 Å². The van der Waals surface area contributed by atoms with Crippen LogP contribution in [0.15, 0.2) is 10.7 Å². The standard InChI is InChI=1S/C10H16BrN3O2S/c1-13-10(9(11)7-12-13)8-17(15,16)14-5-3-2-4-6-14/h7H,2-6,8H2,1H3. The number of rotatable bonds is 3. The smallest absolute Gasteiger partial charge is 0.219 e. The molecule has 0 spiro atoms. The van der Waals surface area contributed by atoms with Crippen molar-refractivity contribution in [2.24, 2.45) is 7.05 Å². The van der Waals surface area contributed by atoms with Gasteiger partial charge in [-0.05, 0) is 28.8 Å². The molecule has 1 aromatic heterocycles. The molecule has 1 aliphatic rings. The van der Waals surface area contributed by atoms with Gasteiger partial charge < -0.3 is 0 Å². The summed E-state index contributed by atoms with van der Waals surface area (Å²) in [5.41, 5.74) is 0.704. The van der Waals surface area contributed by atoms with Crippen molar-refractivity contribution in [2.75, 3.05) is 13.1 Å². The van der Waals surface area contributed by atoms with Crippen LogP contribution < -0.4 is 0 Å². The Hall–Kier alpha value is -0.400. The Bertz CT molecular complexity index is 472. The molecule has 0 atom stereocenters. The summed E-state index contributed by atoms with van der Waals surface area (Å²) in [5.74, 6) is 0.0179. The highest BCUT2D eigenvalue weighted by Crippen LogP contribution is 2.21. The van der Waals surface area contributed by atoms with E-state index in [4.69, 9.17) is 0 Å². The van der Waals surface area contributed by atoms with E-state index in [0.717, 1.165) is 23.7 Å². The van der Waals surface area contributed by atoms with E-state index in [1.54, 1.807) is 22.2 Å². The maximum atomic E-state index is 12.2. The van der Waals surface area contributed by atoms with Gasteiger partial charge in [0.15, 0.2) is 0 Å². The molecule has 0 radical (unpaired) electrons. The third kappa shape index (κ3) is 2.89. The number of halogens is 1. The van der Waals surface area contributed by atoms with Crippen LogP contribution in [0.2, 0.25) is 0 Å². The second-order valence-corrected chi connectivity index (χ2v) is 7.10. The van der Waals surface area contributed by atoms with Crippen molar-refractivity contribution in [1.82, 2.24) is 14.1 Å². The minimum atomic E-state index is -3.21. The van der Waals surface area contributed by atoms with Gasteiger partial charge in [-0.15, -0.1) is 0 Å². The maximum Gasteiger partial charge on any atom is 0.219 e. The molecule has 1 aliphatic heterocycles. The van der Waals surface area contributed by atoms with Gasteiger partial charge in [-0.25, -0.2) is 12.7 Å². The normalized spacial score (nSPS) is 18.5. The third-order valence-corrected chi connectivity index (χ3v) is 5.49. The zero-order valence-electron chi connectivity index (χ0n) is 9.76. The van der Waals surface area contributed by atoms with Crippen molar-refractivity contribution in [3.05, 3.63) is 16.4 Å². The molecular weight excluding hydrogens is 306 g/mol. The summed E-state index contributed by atoms with van der Waals surface area (Å²) in [7, 11) is -1.45. The van der Waals surface area contributed by atoms with Gasteiger partial charge in [0.2, 0.25) is 10.0 Å². The van der Waals surface area contributed by atoms with Crippen LogP contribution >= 0.6 is 15.9 Å². The molecule has 0 saturated carbocycles. The summed E-state index contributed by atoms with van der Waals surface area (Å²) in [6.45, 7) is 1.30. The lowest BCUT2D eigenvalue weighted by Crippen LogP contribution is -2.36. The molecular formula is C10H16BrN3O2S. The van der Waals surface area contributed by atoms with Gasteiger partial charge >= 0.3 is 0 Å². The third-order valence-electron chi connectivity index (χ3n) is 3.04. The van der Waals surface area contributed by atoms with E-state index >= 15 is 0 Å². The number of sulfonamides is 1. The zero-order chi connectivity index (χ0) is 12.5. The van der Waals surface area contributed by atoms with Crippen molar-refractivity contribution in [1.29, 1.82) is 0 Å². The van der Waals surface area contributed by atoms with Gasteiger partial charge in [0.25, 0.3) is 0 Å². The lowest BCUT2D eigenvalue weighted by Gasteiger charge is -2.25. The lowest BCUT2D eigenvalue weighted by molar-refractivity contribution is 0.346. The number of nitrogens with zero attached hydrogens (tertiary/aromatic N) is 3. The summed E-state index contributed by atoms with van der Waals surface area (Å²) >= 11 is 3.33. The fraction of sp³-hybridized carbons (Fsp3) is 0.700. The molecule has 2 heterocycles. The highest BCUT2D eigenvalue weighted by Gasteiger charge is 2.26. The molecule has 7 heteroatoms. The number of hydrogen-bond acceptors (Lipinski definition) is 3. The molecule has 96 valence electrons. The van der Waals surface area contributed by atoms with E-state index in [9.17, 15) is 8.42 Å². The second kappa shape index (κ2) is 5.07. The summed E-state index contributed by atoms with van der Waals surface area (Å²) < 4.78 is 28.4. The SMILES string of the molecule is Cn1ncc(Br)c1CS(=O)(=O)N1CCCCC1. The van der Waals surface area contributed by atoms with E-state index in [1.165, 1.54) is 0 Å². The quantitative estimate of drug-likeness (QED) is 0.847. The van der Waals surface area contributed by atoms with E-state index in [1.807, 2.05) is 0 Å². The highest BCUT2D eigenvalue weighted by atomic mass is 79.9. The van der Waals surface area contributed by atoms with Crippen LogP contribution in [0.25, 0.3) is 0 Å². The summed E-state index contributed by atoms with van der Waals surface area (Å²) in [4.78, 5) is 0. The Morgan fingerprint density at radius 2 is 2.00 bits per heavy atom. The van der Waals surface area contributed by atoms with Crippen LogP contribution in [0, 0.1) is 0 Å². The van der Waals surface area contributed by atoms with Gasteiger partial charge in [0.1, 0.15) is 5.75 Å². The topological polar surface area (TPSA) is 55.2 Å². The monoisotopic (exact) mass is 321 g/mol. The zero-order valence-corrected chi connectivity index (χ0v) is 12.2. The lowest BCUT2D eigenvalue weighted by atomic mass is 10.2. The van der Waals surface area contributed by atoms with E-state index in [2.05, 4.69) is 21.0 Å². The Morgan fingerprint density at radius 3 is 2.53 bits per heavy atom. The predicted molar refractivity (Wildman–Crippen MR) is 69.0 cm³/mol. The number of aryl methyl sites for hydroxylation is 1. The Kier molecular flexibility index (Phi) is 3.89. The summed E-state index contributed by atoms with van der Waals surface area (Å²) in [6, 6.07) is 0. The van der Waals surface area contributed by atoms with Crippen molar-refractivity contribution in [2.45, 2.75) is 25.0 Å². The van der Waals surface area contributed by atoms with Gasteiger partial charge in [0.05, 0.1) is 16.4 Å². The van der Waals surface area contributed by atoms with E-state index in [0.29, 0.717) is 18.8 Å². The molecule has 0 aliphatic carbocycles. The molecule has 1 saturated heterocycles. The molecule has 5 nitrogen and oxygen atoms in total. The van der Waals surface area contributed by atoms with Crippen LogP contribution in [0.5, 0.6) is 0 Å². The summed E-state index contributed by atoms with van der Waals surface area (Å²) in [6.07, 6.45) is 4.68. The van der Waals surface area contributed by atoms with Crippen molar-refractivity contribution in [3.63, 3.8) is 0 Å². The molecule has 17 heavy (non-hydrogen) atoms. The highest BCUT2D eigenvalue weighted by molar-refractivity contribution is 9.10. The Labute approximate surface area is 110 Å². The number of hydrogen-bond donors (Lipinski definition) is 0. The fourth-order valence-corrected chi connectivity index (χ4v) is 4.36. The summed E-state index contributed by atoms with van der Waals surface area (Å²) in [5, 5.41) is 4.03. The first kappa shape index (κ1) is 13.0. The molecule has 0 unspecified atom stereocenters. The van der Waals surface area contributed by atoms with E-state index < -0.39 is 10.0 Å². The van der Waals surface area contributed by atoms with Crippen LogP contribution in [0.1, 0.15) is 25.0 Å². The average Bonchev–Trinajstić information content (AvgIpc) is 2.62. The molecule has 1 fully saturated rings. The minimum Gasteiger partial charge on any atom is -0.270 e. The second-order valence-electron chi connectivity index (χ2n) is 4.28. The van der Waals surface area contributed by atoms with Gasteiger partial charge in [-0.2, -0.15) is 5.10 Å². The molecule has 1 aromatic rings. The Morgan fingerprint density at radius 1 is 1.35 bits per heavy atom. The fourth-order valence-electron chi connectivity index (χ4n) is 2.01. The van der Waals surface area contributed by atoms with Gasteiger partial charge in [0, 0.05) is 20.1 Å². The molecule has 0 N–H and O–H groups in total.